The zero-order chi connectivity index (χ0) is 15.1. The van der Waals surface area contributed by atoms with Crippen molar-refractivity contribution < 1.29 is 9.84 Å². The molecule has 0 aliphatic rings. The van der Waals surface area contributed by atoms with Gasteiger partial charge in [-0.1, -0.05) is 67.2 Å². The molecule has 0 aliphatic carbocycles. The Balaban J connectivity index is 1.82. The summed E-state index contributed by atoms with van der Waals surface area (Å²) in [5.74, 6) is 0. The van der Waals surface area contributed by atoms with Gasteiger partial charge in [-0.2, -0.15) is 0 Å². The lowest BCUT2D eigenvalue weighted by Crippen LogP contribution is -2.13. The SMILES string of the molecule is C=C(C[C@@H](O)c1ccccc1)[C@H](C)OCc1ccccc1. The first-order chi connectivity index (χ1) is 10.2. The van der Waals surface area contributed by atoms with E-state index < -0.39 is 6.10 Å². The van der Waals surface area contributed by atoms with E-state index in [1.165, 1.54) is 0 Å². The molecule has 0 heterocycles. The minimum Gasteiger partial charge on any atom is -0.388 e. The van der Waals surface area contributed by atoms with Gasteiger partial charge in [-0.05, 0) is 23.6 Å². The lowest BCUT2D eigenvalue weighted by molar-refractivity contribution is 0.0679. The third kappa shape index (κ3) is 4.85. The molecular formula is C19H22O2. The van der Waals surface area contributed by atoms with E-state index in [0.29, 0.717) is 13.0 Å². The molecular weight excluding hydrogens is 260 g/mol. The molecule has 0 bridgehead atoms. The summed E-state index contributed by atoms with van der Waals surface area (Å²) in [5.41, 5.74) is 2.96. The third-order valence-electron chi connectivity index (χ3n) is 3.56. The summed E-state index contributed by atoms with van der Waals surface area (Å²) >= 11 is 0. The molecule has 0 fully saturated rings. The van der Waals surface area contributed by atoms with E-state index >= 15 is 0 Å². The van der Waals surface area contributed by atoms with Crippen molar-refractivity contribution in [1.82, 2.24) is 0 Å². The topological polar surface area (TPSA) is 29.5 Å². The summed E-state index contributed by atoms with van der Waals surface area (Å²) in [5, 5.41) is 10.2. The molecule has 0 radical (unpaired) electrons. The Morgan fingerprint density at radius 2 is 1.62 bits per heavy atom. The molecule has 110 valence electrons. The van der Waals surface area contributed by atoms with Crippen LogP contribution in [0.1, 0.15) is 30.6 Å². The molecule has 2 atom stereocenters. The predicted molar refractivity (Wildman–Crippen MR) is 85.9 cm³/mol. The molecule has 2 rings (SSSR count). The normalized spacial score (nSPS) is 13.6. The molecule has 0 aromatic heterocycles. The highest BCUT2D eigenvalue weighted by molar-refractivity contribution is 5.20. The lowest BCUT2D eigenvalue weighted by Gasteiger charge is -2.19. The van der Waals surface area contributed by atoms with Crippen LogP contribution >= 0.6 is 0 Å². The second-order valence-electron chi connectivity index (χ2n) is 5.23. The quantitative estimate of drug-likeness (QED) is 0.768. The lowest BCUT2D eigenvalue weighted by atomic mass is 10.00. The van der Waals surface area contributed by atoms with E-state index in [1.54, 1.807) is 0 Å². The standard InChI is InChI=1S/C19H22O2/c1-15(13-19(20)18-11-7-4-8-12-18)16(2)21-14-17-9-5-3-6-10-17/h3-12,16,19-20H,1,13-14H2,2H3/t16-,19+/m0/s1. The third-order valence-corrected chi connectivity index (χ3v) is 3.56. The number of rotatable bonds is 7. The zero-order valence-corrected chi connectivity index (χ0v) is 12.4. The number of benzene rings is 2. The van der Waals surface area contributed by atoms with Crippen molar-refractivity contribution in [3.05, 3.63) is 83.9 Å². The summed E-state index contributed by atoms with van der Waals surface area (Å²) in [6.07, 6.45) is -0.0926. The molecule has 1 N–H and O–H groups in total. The fourth-order valence-corrected chi connectivity index (χ4v) is 2.12. The fraction of sp³-hybridized carbons (Fsp3) is 0.263. The average molecular weight is 282 g/mol. The van der Waals surface area contributed by atoms with Crippen molar-refractivity contribution in [2.75, 3.05) is 0 Å². The molecule has 21 heavy (non-hydrogen) atoms. The van der Waals surface area contributed by atoms with E-state index in [1.807, 2.05) is 67.6 Å². The highest BCUT2D eigenvalue weighted by Gasteiger charge is 2.14. The fourth-order valence-electron chi connectivity index (χ4n) is 2.12. The maximum atomic E-state index is 10.2. The van der Waals surface area contributed by atoms with E-state index in [9.17, 15) is 5.11 Å². The highest BCUT2D eigenvalue weighted by atomic mass is 16.5. The van der Waals surface area contributed by atoms with Gasteiger partial charge in [0, 0.05) is 6.42 Å². The summed E-state index contributed by atoms with van der Waals surface area (Å²) < 4.78 is 5.82. The van der Waals surface area contributed by atoms with Crippen LogP contribution in [0.3, 0.4) is 0 Å². The summed E-state index contributed by atoms with van der Waals surface area (Å²) in [6.45, 7) is 6.58. The molecule has 0 saturated carbocycles. The second-order valence-corrected chi connectivity index (χ2v) is 5.23. The Morgan fingerprint density at radius 1 is 1.05 bits per heavy atom. The van der Waals surface area contributed by atoms with E-state index in [0.717, 1.165) is 16.7 Å². The molecule has 2 aromatic rings. The van der Waals surface area contributed by atoms with Crippen molar-refractivity contribution in [1.29, 1.82) is 0 Å². The number of aliphatic hydroxyl groups is 1. The van der Waals surface area contributed by atoms with Crippen molar-refractivity contribution in [3.63, 3.8) is 0 Å². The molecule has 0 unspecified atom stereocenters. The van der Waals surface area contributed by atoms with Gasteiger partial charge in [0.15, 0.2) is 0 Å². The van der Waals surface area contributed by atoms with Gasteiger partial charge in [0.25, 0.3) is 0 Å². The largest absolute Gasteiger partial charge is 0.388 e. The van der Waals surface area contributed by atoms with Crippen LogP contribution in [0.15, 0.2) is 72.8 Å². The van der Waals surface area contributed by atoms with Crippen molar-refractivity contribution in [3.8, 4) is 0 Å². The van der Waals surface area contributed by atoms with E-state index in [-0.39, 0.29) is 6.10 Å². The highest BCUT2D eigenvalue weighted by Crippen LogP contribution is 2.23. The Morgan fingerprint density at radius 3 is 2.24 bits per heavy atom. The van der Waals surface area contributed by atoms with Gasteiger partial charge >= 0.3 is 0 Å². The van der Waals surface area contributed by atoms with Gasteiger partial charge in [0.1, 0.15) is 0 Å². The van der Waals surface area contributed by atoms with Gasteiger partial charge in [-0.25, -0.2) is 0 Å². The molecule has 0 saturated heterocycles. The monoisotopic (exact) mass is 282 g/mol. The molecule has 0 amide bonds. The molecule has 2 heteroatoms. The molecule has 0 spiro atoms. The Kier molecular flexibility index (Phi) is 5.73. The molecule has 2 aromatic carbocycles. The van der Waals surface area contributed by atoms with Crippen LogP contribution in [0.25, 0.3) is 0 Å². The summed E-state index contributed by atoms with van der Waals surface area (Å²) in [6, 6.07) is 19.7. The van der Waals surface area contributed by atoms with Crippen LogP contribution in [0, 0.1) is 0 Å². The maximum absolute atomic E-state index is 10.2. The van der Waals surface area contributed by atoms with Gasteiger partial charge in [-0.15, -0.1) is 0 Å². The Hall–Kier alpha value is -1.90. The number of aliphatic hydroxyl groups excluding tert-OH is 1. The maximum Gasteiger partial charge on any atom is 0.0828 e. The van der Waals surface area contributed by atoms with Crippen LogP contribution in [-0.2, 0) is 11.3 Å². The average Bonchev–Trinajstić information content (AvgIpc) is 2.54. The number of ether oxygens (including phenoxy) is 1. The van der Waals surface area contributed by atoms with Crippen molar-refractivity contribution >= 4 is 0 Å². The van der Waals surface area contributed by atoms with E-state index in [4.69, 9.17) is 4.74 Å². The van der Waals surface area contributed by atoms with Crippen molar-refractivity contribution in [2.45, 2.75) is 32.2 Å². The molecule has 0 aliphatic heterocycles. The van der Waals surface area contributed by atoms with Crippen LogP contribution in [0.5, 0.6) is 0 Å². The van der Waals surface area contributed by atoms with Crippen molar-refractivity contribution in [2.24, 2.45) is 0 Å². The Labute approximate surface area is 126 Å². The minimum atomic E-state index is -0.526. The predicted octanol–water partition coefficient (Wildman–Crippen LogP) is 4.27. The van der Waals surface area contributed by atoms with Gasteiger partial charge in [0.2, 0.25) is 0 Å². The number of hydrogen-bond donors (Lipinski definition) is 1. The summed E-state index contributed by atoms with van der Waals surface area (Å²) in [4.78, 5) is 0. The van der Waals surface area contributed by atoms with Crippen LogP contribution in [0.2, 0.25) is 0 Å². The van der Waals surface area contributed by atoms with Gasteiger partial charge in [0.05, 0.1) is 18.8 Å². The minimum absolute atomic E-state index is 0.0800. The first kappa shape index (κ1) is 15.5. The summed E-state index contributed by atoms with van der Waals surface area (Å²) in [7, 11) is 0. The van der Waals surface area contributed by atoms with Gasteiger partial charge < -0.3 is 9.84 Å². The second kappa shape index (κ2) is 7.77. The van der Waals surface area contributed by atoms with Gasteiger partial charge in [-0.3, -0.25) is 0 Å². The van der Waals surface area contributed by atoms with Crippen LogP contribution in [-0.4, -0.2) is 11.2 Å². The first-order valence-electron chi connectivity index (χ1n) is 7.23. The van der Waals surface area contributed by atoms with Crippen LogP contribution in [0.4, 0.5) is 0 Å². The first-order valence-corrected chi connectivity index (χ1v) is 7.23. The number of hydrogen-bond acceptors (Lipinski definition) is 2. The zero-order valence-electron chi connectivity index (χ0n) is 12.4. The van der Waals surface area contributed by atoms with Crippen LogP contribution < -0.4 is 0 Å². The Bertz CT molecular complexity index is 548. The van der Waals surface area contributed by atoms with E-state index in [2.05, 4.69) is 6.58 Å². The molecule has 2 nitrogen and oxygen atoms in total. The smallest absolute Gasteiger partial charge is 0.0828 e.